The molecule has 1 aliphatic heterocycles. The number of hydrogen-bond acceptors (Lipinski definition) is 6. The predicted octanol–water partition coefficient (Wildman–Crippen LogP) is 5.95. The van der Waals surface area contributed by atoms with Crippen molar-refractivity contribution in [1.82, 2.24) is 9.88 Å². The number of aliphatic hydroxyl groups excluding tert-OH is 1. The molecule has 0 bridgehead atoms. The SMILES string of the molecule is CCN(Cc1cc([C@H]2CCc3ccc([C@H](O)[C@H](C)C(=O)O)cc3O2)ccc1-c1cc(OC)ncc1F)C(C)C. The van der Waals surface area contributed by atoms with Crippen molar-refractivity contribution in [3.05, 3.63) is 76.7 Å². The highest BCUT2D eigenvalue weighted by atomic mass is 19.1. The highest BCUT2D eigenvalue weighted by Crippen LogP contribution is 2.39. The van der Waals surface area contributed by atoms with Crippen molar-refractivity contribution in [1.29, 1.82) is 0 Å². The summed E-state index contributed by atoms with van der Waals surface area (Å²) in [5, 5.41) is 19.9. The Morgan fingerprint density at radius 3 is 2.62 bits per heavy atom. The molecule has 39 heavy (non-hydrogen) atoms. The second kappa shape index (κ2) is 12.1. The monoisotopic (exact) mass is 536 g/mol. The van der Waals surface area contributed by atoms with Crippen molar-refractivity contribution in [2.75, 3.05) is 13.7 Å². The van der Waals surface area contributed by atoms with Gasteiger partial charge in [-0.1, -0.05) is 37.3 Å². The number of benzene rings is 2. The third-order valence-electron chi connectivity index (χ3n) is 7.58. The second-order valence-corrected chi connectivity index (χ2v) is 10.4. The van der Waals surface area contributed by atoms with Gasteiger partial charge in [0.05, 0.1) is 25.3 Å². The van der Waals surface area contributed by atoms with Gasteiger partial charge in [0.2, 0.25) is 5.88 Å². The van der Waals surface area contributed by atoms with Gasteiger partial charge in [-0.25, -0.2) is 9.37 Å². The number of fused-ring (bicyclic) bond motifs is 1. The van der Waals surface area contributed by atoms with Crippen LogP contribution < -0.4 is 9.47 Å². The number of aryl methyl sites for hydroxylation is 1. The van der Waals surface area contributed by atoms with Gasteiger partial charge in [-0.15, -0.1) is 0 Å². The average molecular weight is 537 g/mol. The molecule has 0 saturated heterocycles. The number of ether oxygens (including phenoxy) is 2. The quantitative estimate of drug-likeness (QED) is 0.331. The summed E-state index contributed by atoms with van der Waals surface area (Å²) in [7, 11) is 1.51. The minimum absolute atomic E-state index is 0.236. The minimum Gasteiger partial charge on any atom is -0.485 e. The number of carbonyl (C=O) groups is 1. The Labute approximate surface area is 229 Å². The van der Waals surface area contributed by atoms with E-state index in [1.165, 1.54) is 20.2 Å². The van der Waals surface area contributed by atoms with Crippen LogP contribution in [0.3, 0.4) is 0 Å². The molecule has 7 nitrogen and oxygen atoms in total. The highest BCUT2D eigenvalue weighted by Gasteiger charge is 2.27. The van der Waals surface area contributed by atoms with Crippen LogP contribution in [-0.2, 0) is 17.8 Å². The van der Waals surface area contributed by atoms with Gasteiger partial charge < -0.3 is 19.7 Å². The van der Waals surface area contributed by atoms with Crippen LogP contribution >= 0.6 is 0 Å². The Kier molecular flexibility index (Phi) is 8.87. The number of aliphatic carboxylic acids is 1. The van der Waals surface area contributed by atoms with Crippen molar-refractivity contribution in [2.24, 2.45) is 5.92 Å². The van der Waals surface area contributed by atoms with Crippen LogP contribution in [0.4, 0.5) is 4.39 Å². The Morgan fingerprint density at radius 2 is 1.95 bits per heavy atom. The molecule has 0 aliphatic carbocycles. The smallest absolute Gasteiger partial charge is 0.309 e. The van der Waals surface area contributed by atoms with Crippen LogP contribution in [0.5, 0.6) is 11.6 Å². The van der Waals surface area contributed by atoms with E-state index in [1.807, 2.05) is 18.2 Å². The zero-order valence-corrected chi connectivity index (χ0v) is 23.1. The van der Waals surface area contributed by atoms with Crippen LogP contribution in [0.2, 0.25) is 0 Å². The lowest BCUT2D eigenvalue weighted by Gasteiger charge is -2.30. The van der Waals surface area contributed by atoms with E-state index in [9.17, 15) is 19.4 Å². The van der Waals surface area contributed by atoms with Gasteiger partial charge in [0.15, 0.2) is 0 Å². The van der Waals surface area contributed by atoms with E-state index in [2.05, 4.69) is 36.7 Å². The molecule has 0 unspecified atom stereocenters. The van der Waals surface area contributed by atoms with E-state index in [-0.39, 0.29) is 6.10 Å². The maximum absolute atomic E-state index is 15.0. The third kappa shape index (κ3) is 6.23. The minimum atomic E-state index is -1.13. The maximum Gasteiger partial charge on any atom is 0.309 e. The topological polar surface area (TPSA) is 92.1 Å². The molecule has 3 atom stereocenters. The highest BCUT2D eigenvalue weighted by molar-refractivity contribution is 5.71. The number of rotatable bonds is 10. The van der Waals surface area contributed by atoms with Gasteiger partial charge in [-0.05, 0) is 74.0 Å². The molecule has 2 aromatic carbocycles. The molecule has 1 aliphatic rings. The number of methoxy groups -OCH3 is 1. The van der Waals surface area contributed by atoms with E-state index in [0.29, 0.717) is 35.3 Å². The van der Waals surface area contributed by atoms with Crippen molar-refractivity contribution in [3.8, 4) is 22.8 Å². The molecule has 2 N–H and O–H groups in total. The van der Waals surface area contributed by atoms with Crippen molar-refractivity contribution in [3.63, 3.8) is 0 Å². The van der Waals surface area contributed by atoms with Gasteiger partial charge in [-0.3, -0.25) is 9.69 Å². The van der Waals surface area contributed by atoms with Crippen LogP contribution in [0.25, 0.3) is 11.1 Å². The Morgan fingerprint density at radius 1 is 1.18 bits per heavy atom. The number of nitrogens with zero attached hydrogens (tertiary/aromatic N) is 2. The van der Waals surface area contributed by atoms with Gasteiger partial charge in [0.1, 0.15) is 17.7 Å². The number of hydrogen-bond donors (Lipinski definition) is 2. The zero-order chi connectivity index (χ0) is 28.3. The fourth-order valence-corrected chi connectivity index (χ4v) is 5.05. The molecule has 0 fully saturated rings. The van der Waals surface area contributed by atoms with Crippen LogP contribution in [0.15, 0.2) is 48.7 Å². The fraction of sp³-hybridized carbons (Fsp3) is 0.419. The van der Waals surface area contributed by atoms with Crippen LogP contribution in [-0.4, -0.2) is 45.8 Å². The lowest BCUT2D eigenvalue weighted by Crippen LogP contribution is -2.30. The van der Waals surface area contributed by atoms with Gasteiger partial charge in [0.25, 0.3) is 0 Å². The van der Waals surface area contributed by atoms with Gasteiger partial charge >= 0.3 is 5.97 Å². The van der Waals surface area contributed by atoms with E-state index >= 15 is 0 Å². The average Bonchev–Trinajstić information content (AvgIpc) is 2.94. The number of halogens is 1. The van der Waals surface area contributed by atoms with Gasteiger partial charge in [-0.2, -0.15) is 0 Å². The first-order valence-electron chi connectivity index (χ1n) is 13.4. The summed E-state index contributed by atoms with van der Waals surface area (Å²) in [6.45, 7) is 9.35. The Hall–Kier alpha value is -3.49. The summed E-state index contributed by atoms with van der Waals surface area (Å²) < 4.78 is 26.6. The molecule has 1 aromatic heterocycles. The molecule has 8 heteroatoms. The molecule has 0 amide bonds. The maximum atomic E-state index is 15.0. The first kappa shape index (κ1) is 28.5. The van der Waals surface area contributed by atoms with E-state index in [0.717, 1.165) is 41.6 Å². The first-order chi connectivity index (χ1) is 18.6. The molecular weight excluding hydrogens is 499 g/mol. The zero-order valence-electron chi connectivity index (χ0n) is 23.1. The second-order valence-electron chi connectivity index (χ2n) is 10.4. The van der Waals surface area contributed by atoms with E-state index < -0.39 is 23.8 Å². The standard InChI is InChI=1S/C31H37FN2O5/c1-6-34(18(2)3)17-23-13-21(9-11-24(23)25-15-29(38-5)33-16-26(25)32)27-12-10-20-7-8-22(14-28(20)39-27)30(35)19(4)31(36)37/h7-9,11,13-16,18-19,27,30,35H,6,10,12,17H2,1-5H3,(H,36,37)/t19-,27+,30+/m0/s1. The van der Waals surface area contributed by atoms with Crippen LogP contribution in [0.1, 0.15) is 68.6 Å². The number of aromatic nitrogens is 1. The third-order valence-corrected chi connectivity index (χ3v) is 7.58. The first-order valence-corrected chi connectivity index (χ1v) is 13.4. The number of carboxylic acids is 1. The number of carboxylic acid groups (broad SMARTS) is 1. The lowest BCUT2D eigenvalue weighted by molar-refractivity contribution is -0.145. The largest absolute Gasteiger partial charge is 0.485 e. The summed E-state index contributed by atoms with van der Waals surface area (Å²) >= 11 is 0. The summed E-state index contributed by atoms with van der Waals surface area (Å²) in [5.41, 5.74) is 4.70. The summed E-state index contributed by atoms with van der Waals surface area (Å²) in [6.07, 6.45) is 1.36. The number of pyridine rings is 1. The molecule has 0 saturated carbocycles. The van der Waals surface area contributed by atoms with E-state index in [1.54, 1.807) is 18.2 Å². The molecular formula is C31H37FN2O5. The fourth-order valence-electron chi connectivity index (χ4n) is 5.05. The lowest BCUT2D eigenvalue weighted by atomic mass is 9.91. The van der Waals surface area contributed by atoms with Crippen molar-refractivity contribution >= 4 is 5.97 Å². The van der Waals surface area contributed by atoms with Crippen molar-refractivity contribution in [2.45, 2.75) is 65.3 Å². The Bertz CT molecular complexity index is 1330. The molecule has 2 heterocycles. The molecule has 208 valence electrons. The summed E-state index contributed by atoms with van der Waals surface area (Å²) in [6, 6.07) is 13.3. The van der Waals surface area contributed by atoms with E-state index in [4.69, 9.17) is 9.47 Å². The molecule has 0 spiro atoms. The Balaban J connectivity index is 1.70. The summed E-state index contributed by atoms with van der Waals surface area (Å²) in [4.78, 5) is 17.7. The number of aliphatic hydroxyl groups is 1. The normalized spacial score (nSPS) is 16.5. The molecule has 3 aromatic rings. The van der Waals surface area contributed by atoms with Crippen LogP contribution in [0, 0.1) is 11.7 Å². The van der Waals surface area contributed by atoms with Crippen molar-refractivity contribution < 1.29 is 28.9 Å². The summed E-state index contributed by atoms with van der Waals surface area (Å²) in [5.74, 6) is -1.42. The predicted molar refractivity (Wildman–Crippen MR) is 147 cm³/mol. The molecule has 4 rings (SSSR count). The molecule has 0 radical (unpaired) electrons. The van der Waals surface area contributed by atoms with Gasteiger partial charge in [0, 0.05) is 24.2 Å².